The minimum Gasteiger partial charge on any atom is -0.349 e. The van der Waals surface area contributed by atoms with E-state index in [1.165, 1.54) is 31.7 Å². The molecule has 23 heavy (non-hydrogen) atoms. The molecular formula is C19H22N2O2. The first kappa shape index (κ1) is 14.5. The van der Waals surface area contributed by atoms with Crippen LogP contribution in [0.3, 0.4) is 0 Å². The molecule has 0 spiro atoms. The Hall–Kier alpha value is -2.10. The molecule has 2 aliphatic carbocycles. The Bertz CT molecular complexity index is 810. The number of para-hydroxylation sites is 1. The lowest BCUT2D eigenvalue weighted by atomic mass is 9.84. The predicted molar refractivity (Wildman–Crippen MR) is 90.4 cm³/mol. The van der Waals surface area contributed by atoms with Gasteiger partial charge in [0, 0.05) is 23.0 Å². The third kappa shape index (κ3) is 2.56. The van der Waals surface area contributed by atoms with E-state index in [2.05, 4.69) is 17.2 Å². The van der Waals surface area contributed by atoms with Crippen LogP contribution in [-0.4, -0.2) is 16.9 Å². The van der Waals surface area contributed by atoms with Crippen LogP contribution in [0.15, 0.2) is 35.1 Å². The number of carbonyl (C=O) groups excluding carboxylic acids is 1. The number of fused-ring (bicyclic) bond motifs is 3. The van der Waals surface area contributed by atoms with Gasteiger partial charge < -0.3 is 10.3 Å². The molecule has 2 saturated carbocycles. The molecule has 1 heterocycles. The molecule has 2 bridgehead atoms. The first-order valence-electron chi connectivity index (χ1n) is 8.55. The summed E-state index contributed by atoms with van der Waals surface area (Å²) in [5.41, 5.74) is 0.943. The van der Waals surface area contributed by atoms with E-state index in [9.17, 15) is 9.59 Å². The van der Waals surface area contributed by atoms with E-state index >= 15 is 0 Å². The molecule has 0 saturated heterocycles. The highest BCUT2D eigenvalue weighted by molar-refractivity contribution is 6.06. The number of amides is 1. The molecule has 1 amide bonds. The number of benzene rings is 1. The zero-order chi connectivity index (χ0) is 16.0. The molecule has 0 radical (unpaired) electrons. The summed E-state index contributed by atoms with van der Waals surface area (Å²) in [5.74, 6) is 2.09. The number of hydrogen-bond donors (Lipinski definition) is 2. The molecule has 120 valence electrons. The van der Waals surface area contributed by atoms with Gasteiger partial charge in [-0.2, -0.15) is 0 Å². The summed E-state index contributed by atoms with van der Waals surface area (Å²) < 4.78 is 0. The normalized spacial score (nSPS) is 27.3. The highest BCUT2D eigenvalue weighted by Crippen LogP contribution is 2.49. The summed E-state index contributed by atoms with van der Waals surface area (Å²) in [7, 11) is 0. The molecule has 4 nitrogen and oxygen atoms in total. The Balaban J connectivity index is 1.58. The lowest BCUT2D eigenvalue weighted by Gasteiger charge is -2.28. The van der Waals surface area contributed by atoms with Gasteiger partial charge in [0.1, 0.15) is 0 Å². The van der Waals surface area contributed by atoms with Gasteiger partial charge in [0.15, 0.2) is 0 Å². The van der Waals surface area contributed by atoms with Crippen molar-refractivity contribution in [2.24, 2.45) is 17.8 Å². The van der Waals surface area contributed by atoms with Crippen LogP contribution in [0.1, 0.15) is 43.0 Å². The molecule has 0 unspecified atom stereocenters. The zero-order valence-corrected chi connectivity index (χ0v) is 13.3. The number of carbonyl (C=O) groups is 1. The van der Waals surface area contributed by atoms with Crippen molar-refractivity contribution in [3.8, 4) is 0 Å². The predicted octanol–water partition coefficient (Wildman–Crippen LogP) is 3.08. The number of H-pyrrole nitrogens is 1. The molecule has 1 aromatic heterocycles. The fourth-order valence-corrected chi connectivity index (χ4v) is 4.69. The molecule has 2 aromatic rings. The van der Waals surface area contributed by atoms with Crippen LogP contribution >= 0.6 is 0 Å². The van der Waals surface area contributed by atoms with E-state index in [4.69, 9.17) is 0 Å². The van der Waals surface area contributed by atoms with E-state index < -0.39 is 0 Å². The second kappa shape index (κ2) is 5.52. The van der Waals surface area contributed by atoms with Gasteiger partial charge in [0.05, 0.1) is 5.56 Å². The van der Waals surface area contributed by atoms with Crippen LogP contribution in [0.4, 0.5) is 0 Å². The van der Waals surface area contributed by atoms with Crippen LogP contribution < -0.4 is 10.9 Å². The van der Waals surface area contributed by atoms with Crippen molar-refractivity contribution in [2.75, 3.05) is 0 Å². The topological polar surface area (TPSA) is 62.0 Å². The smallest absolute Gasteiger partial charge is 0.252 e. The van der Waals surface area contributed by atoms with E-state index in [1.807, 2.05) is 24.3 Å². The summed E-state index contributed by atoms with van der Waals surface area (Å²) in [5, 5.41) is 3.95. The maximum absolute atomic E-state index is 12.7. The second-order valence-electron chi connectivity index (χ2n) is 7.19. The first-order chi connectivity index (χ1) is 11.1. The molecule has 4 atom stereocenters. The third-order valence-corrected chi connectivity index (χ3v) is 5.79. The molecular weight excluding hydrogens is 288 g/mol. The van der Waals surface area contributed by atoms with Crippen LogP contribution in [0.25, 0.3) is 10.9 Å². The Labute approximate surface area is 135 Å². The van der Waals surface area contributed by atoms with E-state index in [0.29, 0.717) is 17.0 Å². The monoisotopic (exact) mass is 310 g/mol. The molecule has 2 N–H and O–H groups in total. The fourth-order valence-electron chi connectivity index (χ4n) is 4.69. The highest BCUT2D eigenvalue weighted by atomic mass is 16.2. The Morgan fingerprint density at radius 1 is 1.26 bits per heavy atom. The second-order valence-corrected chi connectivity index (χ2v) is 7.19. The third-order valence-electron chi connectivity index (χ3n) is 5.79. The maximum atomic E-state index is 12.7. The summed E-state index contributed by atoms with van der Waals surface area (Å²) in [6, 6.07) is 9.02. The van der Waals surface area contributed by atoms with E-state index in [-0.39, 0.29) is 17.5 Å². The van der Waals surface area contributed by atoms with Crippen molar-refractivity contribution in [2.45, 2.75) is 38.6 Å². The van der Waals surface area contributed by atoms with Gasteiger partial charge in [-0.05, 0) is 50.0 Å². The molecule has 2 aliphatic rings. The SMILES string of the molecule is C[C@@H](NC(=O)c1cc(=O)[nH]c2ccccc12)[C@@H]1C[C@H]2CC[C@H]1C2. The minimum absolute atomic E-state index is 0.137. The largest absolute Gasteiger partial charge is 0.349 e. The number of aromatic amines is 1. The van der Waals surface area contributed by atoms with Crippen LogP contribution in [0, 0.1) is 17.8 Å². The summed E-state index contributed by atoms with van der Waals surface area (Å²) in [6.45, 7) is 2.11. The van der Waals surface area contributed by atoms with Gasteiger partial charge in [-0.3, -0.25) is 9.59 Å². The van der Waals surface area contributed by atoms with Gasteiger partial charge >= 0.3 is 0 Å². The van der Waals surface area contributed by atoms with Crippen LogP contribution in [-0.2, 0) is 0 Å². The zero-order valence-electron chi connectivity index (χ0n) is 13.3. The van der Waals surface area contributed by atoms with Crippen molar-refractivity contribution in [3.63, 3.8) is 0 Å². The van der Waals surface area contributed by atoms with Gasteiger partial charge in [-0.15, -0.1) is 0 Å². The molecule has 2 fully saturated rings. The lowest BCUT2D eigenvalue weighted by Crippen LogP contribution is -2.40. The fraction of sp³-hybridized carbons (Fsp3) is 0.474. The van der Waals surface area contributed by atoms with Crippen LogP contribution in [0.5, 0.6) is 0 Å². The Morgan fingerprint density at radius 3 is 2.83 bits per heavy atom. The first-order valence-corrected chi connectivity index (χ1v) is 8.55. The quantitative estimate of drug-likeness (QED) is 0.915. The van der Waals surface area contributed by atoms with Crippen molar-refractivity contribution in [1.82, 2.24) is 10.3 Å². The summed E-state index contributed by atoms with van der Waals surface area (Å²) in [4.78, 5) is 27.3. The molecule has 1 aromatic carbocycles. The lowest BCUT2D eigenvalue weighted by molar-refractivity contribution is 0.0917. The maximum Gasteiger partial charge on any atom is 0.252 e. The number of hydrogen-bond acceptors (Lipinski definition) is 2. The molecule has 4 rings (SSSR count). The minimum atomic E-state index is -0.235. The number of nitrogens with one attached hydrogen (secondary N) is 2. The van der Waals surface area contributed by atoms with Crippen molar-refractivity contribution >= 4 is 16.8 Å². The summed E-state index contributed by atoms with van der Waals surface area (Å²) >= 11 is 0. The van der Waals surface area contributed by atoms with E-state index in [0.717, 1.165) is 17.2 Å². The number of rotatable bonds is 3. The number of aromatic nitrogens is 1. The molecule has 4 heteroatoms. The van der Waals surface area contributed by atoms with Gasteiger partial charge in [0.25, 0.3) is 5.91 Å². The van der Waals surface area contributed by atoms with Gasteiger partial charge in [-0.1, -0.05) is 24.6 Å². The van der Waals surface area contributed by atoms with E-state index in [1.54, 1.807) is 0 Å². The van der Waals surface area contributed by atoms with Crippen molar-refractivity contribution in [3.05, 3.63) is 46.2 Å². The highest BCUT2D eigenvalue weighted by Gasteiger charge is 2.42. The summed E-state index contributed by atoms with van der Waals surface area (Å²) in [6.07, 6.45) is 5.24. The van der Waals surface area contributed by atoms with Crippen molar-refractivity contribution in [1.29, 1.82) is 0 Å². The Morgan fingerprint density at radius 2 is 2.09 bits per heavy atom. The van der Waals surface area contributed by atoms with Gasteiger partial charge in [0.2, 0.25) is 5.56 Å². The van der Waals surface area contributed by atoms with Gasteiger partial charge in [-0.25, -0.2) is 0 Å². The Kier molecular flexibility index (Phi) is 3.47. The van der Waals surface area contributed by atoms with Crippen LogP contribution in [0.2, 0.25) is 0 Å². The number of pyridine rings is 1. The average Bonchev–Trinajstić information content (AvgIpc) is 3.17. The standard InChI is InChI=1S/C19H22N2O2/c1-11(15-9-12-6-7-13(15)8-12)20-19(23)16-10-18(22)21-17-5-3-2-4-14(16)17/h2-5,10-13,15H,6-9H2,1H3,(H,20,23)(H,21,22)/t11-,12+,13+,15+/m1/s1. The average molecular weight is 310 g/mol. The molecule has 0 aliphatic heterocycles. The van der Waals surface area contributed by atoms with Crippen molar-refractivity contribution < 1.29 is 4.79 Å².